The molecule has 3 aromatic carbocycles. The van der Waals surface area contributed by atoms with Crippen LogP contribution in [0.2, 0.25) is 5.02 Å². The van der Waals surface area contributed by atoms with Crippen molar-refractivity contribution < 1.29 is 28.8 Å². The number of amides is 1. The van der Waals surface area contributed by atoms with Gasteiger partial charge in [0, 0.05) is 69.1 Å². The van der Waals surface area contributed by atoms with Gasteiger partial charge in [0.25, 0.3) is 5.91 Å². The van der Waals surface area contributed by atoms with E-state index >= 15 is 0 Å². The summed E-state index contributed by atoms with van der Waals surface area (Å²) in [5, 5.41) is 11.8. The Hall–Kier alpha value is -3.50. The maximum absolute atomic E-state index is 13.7. The fourth-order valence-electron chi connectivity index (χ4n) is 6.66. The number of rotatable bonds is 11. The van der Waals surface area contributed by atoms with Gasteiger partial charge in [-0.15, -0.1) is 0 Å². The molecule has 0 bridgehead atoms. The molecule has 0 saturated carbocycles. The Kier molecular flexibility index (Phi) is 9.94. The zero-order valence-electron chi connectivity index (χ0n) is 26.9. The maximum atomic E-state index is 13.7. The predicted molar refractivity (Wildman–Crippen MR) is 177 cm³/mol. The molecule has 9 nitrogen and oxygen atoms in total. The lowest BCUT2D eigenvalue weighted by Gasteiger charge is -2.39. The second kappa shape index (κ2) is 14.1. The third kappa shape index (κ3) is 7.55. The Morgan fingerprint density at radius 2 is 1.80 bits per heavy atom. The monoisotopic (exact) mass is 649 g/mol. The first-order chi connectivity index (χ1) is 22.2. The lowest BCUT2D eigenvalue weighted by atomic mass is 9.87. The van der Waals surface area contributed by atoms with E-state index in [2.05, 4.69) is 9.80 Å². The Balaban J connectivity index is 1.07. The van der Waals surface area contributed by atoms with Gasteiger partial charge in [0.1, 0.15) is 47.9 Å². The van der Waals surface area contributed by atoms with E-state index in [1.807, 2.05) is 61.5 Å². The van der Waals surface area contributed by atoms with E-state index < -0.39 is 6.10 Å². The Morgan fingerprint density at radius 1 is 1.04 bits per heavy atom. The van der Waals surface area contributed by atoms with Crippen molar-refractivity contribution in [2.75, 3.05) is 60.5 Å². The summed E-state index contributed by atoms with van der Waals surface area (Å²) in [6, 6.07) is 19.2. The van der Waals surface area contributed by atoms with Gasteiger partial charge in [-0.05, 0) is 74.1 Å². The molecule has 0 radical (unpaired) electrons. The summed E-state index contributed by atoms with van der Waals surface area (Å²) >= 11 is 6.20. The van der Waals surface area contributed by atoms with Crippen LogP contribution in [0.25, 0.3) is 0 Å². The van der Waals surface area contributed by atoms with Crippen LogP contribution in [0.5, 0.6) is 23.0 Å². The Bertz CT molecular complexity index is 1510. The molecule has 1 N–H and O–H groups in total. The molecule has 46 heavy (non-hydrogen) atoms. The quantitative estimate of drug-likeness (QED) is 0.314. The average molecular weight is 650 g/mol. The number of benzene rings is 3. The highest BCUT2D eigenvalue weighted by atomic mass is 35.5. The number of methoxy groups -OCH3 is 1. The number of likely N-dealkylation sites (tertiary alicyclic amines) is 2. The van der Waals surface area contributed by atoms with E-state index in [0.717, 1.165) is 60.9 Å². The van der Waals surface area contributed by atoms with Gasteiger partial charge in [-0.25, -0.2) is 0 Å². The molecular formula is C36H44ClN3O6. The van der Waals surface area contributed by atoms with Crippen LogP contribution < -0.4 is 18.9 Å². The summed E-state index contributed by atoms with van der Waals surface area (Å²) in [6.07, 6.45) is 2.82. The number of aliphatic hydroxyl groups is 1. The number of carbonyl (C=O) groups excluding carboxylic acids is 1. The molecular weight excluding hydrogens is 606 g/mol. The van der Waals surface area contributed by atoms with E-state index in [4.69, 9.17) is 30.5 Å². The minimum Gasteiger partial charge on any atom is -0.497 e. The minimum absolute atomic E-state index is 0.0601. The molecule has 3 aliphatic rings. The Labute approximate surface area is 276 Å². The van der Waals surface area contributed by atoms with Crippen LogP contribution in [-0.4, -0.2) is 104 Å². The van der Waals surface area contributed by atoms with Gasteiger partial charge in [-0.2, -0.15) is 0 Å². The highest BCUT2D eigenvalue weighted by Crippen LogP contribution is 2.42. The van der Waals surface area contributed by atoms with Crippen molar-refractivity contribution in [3.8, 4) is 23.0 Å². The molecule has 2 fully saturated rings. The standard InChI is InChI=1S/C36H44ClN3O6/c1-38(2)28-12-15-40(21-28)35(42)32-10-9-31(44-23-25-4-7-30(43-3)8-5-25)19-34(32)45-24-29(41)22-39-16-13-36(14-17-39)20-26-18-27(37)6-11-33(26)46-36/h4-11,18-19,28-29,41H,12-17,20-24H2,1-3H3/t28-,29-/m0/s1. The smallest absolute Gasteiger partial charge is 0.257 e. The highest BCUT2D eigenvalue weighted by Gasteiger charge is 2.42. The molecule has 3 heterocycles. The predicted octanol–water partition coefficient (Wildman–Crippen LogP) is 4.91. The number of hydrogen-bond acceptors (Lipinski definition) is 8. The fraction of sp³-hybridized carbons (Fsp3) is 0.472. The van der Waals surface area contributed by atoms with Gasteiger partial charge in [0.2, 0.25) is 0 Å². The van der Waals surface area contributed by atoms with Crippen LogP contribution in [0.15, 0.2) is 60.7 Å². The molecule has 6 rings (SSSR count). The molecule has 10 heteroatoms. The van der Waals surface area contributed by atoms with E-state index in [9.17, 15) is 9.90 Å². The van der Waals surface area contributed by atoms with Crippen molar-refractivity contribution >= 4 is 17.5 Å². The van der Waals surface area contributed by atoms with E-state index in [-0.39, 0.29) is 18.1 Å². The lowest BCUT2D eigenvalue weighted by Crippen LogP contribution is -2.49. The SMILES string of the molecule is COc1ccc(COc2ccc(C(=O)N3CC[C@H](N(C)C)C3)c(OC[C@@H](O)CN3CCC4(CC3)Cc3cc(Cl)ccc3O4)c2)cc1. The number of piperidine rings is 1. The van der Waals surface area contributed by atoms with Gasteiger partial charge in [-0.1, -0.05) is 23.7 Å². The highest BCUT2D eigenvalue weighted by molar-refractivity contribution is 6.30. The first-order valence-electron chi connectivity index (χ1n) is 16.1. The number of hydrogen-bond donors (Lipinski definition) is 1. The molecule has 3 aromatic rings. The Morgan fingerprint density at radius 3 is 2.52 bits per heavy atom. The van der Waals surface area contributed by atoms with Crippen molar-refractivity contribution in [2.24, 2.45) is 0 Å². The molecule has 246 valence electrons. The van der Waals surface area contributed by atoms with Crippen molar-refractivity contribution in [2.45, 2.75) is 50.0 Å². The molecule has 2 saturated heterocycles. The first kappa shape index (κ1) is 32.4. The third-order valence-electron chi connectivity index (χ3n) is 9.46. The topological polar surface area (TPSA) is 83.9 Å². The number of likely N-dealkylation sites (N-methyl/N-ethyl adjacent to an activating group) is 1. The molecule has 0 unspecified atom stereocenters. The van der Waals surface area contributed by atoms with Crippen LogP contribution in [0.1, 0.15) is 40.7 Å². The maximum Gasteiger partial charge on any atom is 0.257 e. The first-order valence-corrected chi connectivity index (χ1v) is 16.4. The van der Waals surface area contributed by atoms with E-state index in [0.29, 0.717) is 49.3 Å². The minimum atomic E-state index is -0.730. The van der Waals surface area contributed by atoms with Gasteiger partial charge in [-0.3, -0.25) is 4.79 Å². The van der Waals surface area contributed by atoms with Crippen LogP contribution in [0.3, 0.4) is 0 Å². The van der Waals surface area contributed by atoms with Crippen molar-refractivity contribution in [3.63, 3.8) is 0 Å². The van der Waals surface area contributed by atoms with Crippen molar-refractivity contribution in [1.29, 1.82) is 0 Å². The number of β-amino-alcohol motifs (C(OH)–C–C–N with tert-alkyl or cyclic N) is 1. The average Bonchev–Trinajstić information content (AvgIpc) is 3.69. The number of nitrogens with zero attached hydrogens (tertiary/aromatic N) is 3. The van der Waals surface area contributed by atoms with Gasteiger partial charge in [0.05, 0.1) is 12.7 Å². The van der Waals surface area contributed by atoms with E-state index in [1.165, 1.54) is 5.56 Å². The summed E-state index contributed by atoms with van der Waals surface area (Å²) in [6.45, 7) is 3.89. The number of carbonyl (C=O) groups is 1. The second-order valence-corrected chi connectivity index (χ2v) is 13.4. The zero-order chi connectivity index (χ0) is 32.3. The summed E-state index contributed by atoms with van der Waals surface area (Å²) in [7, 11) is 5.72. The number of ether oxygens (including phenoxy) is 4. The number of aliphatic hydroxyl groups excluding tert-OH is 1. The summed E-state index contributed by atoms with van der Waals surface area (Å²) < 4.78 is 23.9. The normalized spacial score (nSPS) is 19.6. The largest absolute Gasteiger partial charge is 0.497 e. The van der Waals surface area contributed by atoms with Crippen molar-refractivity contribution in [1.82, 2.24) is 14.7 Å². The lowest BCUT2D eigenvalue weighted by molar-refractivity contribution is -0.00203. The van der Waals surface area contributed by atoms with E-state index in [1.54, 1.807) is 25.3 Å². The van der Waals surface area contributed by atoms with Crippen LogP contribution in [-0.2, 0) is 13.0 Å². The van der Waals surface area contributed by atoms with Gasteiger partial charge in [0.15, 0.2) is 0 Å². The molecule has 0 aliphatic carbocycles. The zero-order valence-corrected chi connectivity index (χ0v) is 27.7. The van der Waals surface area contributed by atoms with Gasteiger partial charge >= 0.3 is 0 Å². The van der Waals surface area contributed by atoms with Crippen LogP contribution in [0.4, 0.5) is 0 Å². The second-order valence-electron chi connectivity index (χ2n) is 12.9. The number of fused-ring (bicyclic) bond motifs is 1. The molecule has 2 atom stereocenters. The number of halogens is 1. The summed E-state index contributed by atoms with van der Waals surface area (Å²) in [5.74, 6) is 2.64. The van der Waals surface area contributed by atoms with Gasteiger partial charge < -0.3 is 38.8 Å². The molecule has 1 amide bonds. The van der Waals surface area contributed by atoms with Crippen LogP contribution in [0, 0.1) is 0 Å². The molecule has 3 aliphatic heterocycles. The van der Waals surface area contributed by atoms with Crippen molar-refractivity contribution in [3.05, 3.63) is 82.4 Å². The summed E-state index contributed by atoms with van der Waals surface area (Å²) in [5.41, 5.74) is 2.43. The molecule has 1 spiro atoms. The summed E-state index contributed by atoms with van der Waals surface area (Å²) in [4.78, 5) is 19.9. The third-order valence-corrected chi connectivity index (χ3v) is 9.69. The van der Waals surface area contributed by atoms with Crippen LogP contribution >= 0.6 is 11.6 Å². The molecule has 0 aromatic heterocycles. The fourth-order valence-corrected chi connectivity index (χ4v) is 6.85.